The van der Waals surface area contributed by atoms with Crippen LogP contribution in [0.5, 0.6) is 0 Å². The Morgan fingerprint density at radius 3 is 2.45 bits per heavy atom. The molecule has 0 spiro atoms. The highest BCUT2D eigenvalue weighted by atomic mass is 16.5. The molecule has 3 atom stereocenters. The fourth-order valence-electron chi connectivity index (χ4n) is 2.41. The molecule has 1 aliphatic rings. The van der Waals surface area contributed by atoms with Gasteiger partial charge in [0.05, 0.1) is 7.11 Å². The van der Waals surface area contributed by atoms with E-state index in [-0.39, 0.29) is 24.3 Å². The van der Waals surface area contributed by atoms with Gasteiger partial charge in [-0.2, -0.15) is 0 Å². The van der Waals surface area contributed by atoms with Crippen LogP contribution in [-0.2, 0) is 19.7 Å². The van der Waals surface area contributed by atoms with E-state index in [2.05, 4.69) is 12.2 Å². The van der Waals surface area contributed by atoms with Crippen LogP contribution < -0.4 is 5.32 Å². The van der Waals surface area contributed by atoms with Crippen molar-refractivity contribution in [2.24, 2.45) is 11.8 Å². The van der Waals surface area contributed by atoms with Crippen molar-refractivity contribution in [2.45, 2.75) is 25.7 Å². The summed E-state index contributed by atoms with van der Waals surface area (Å²) in [5.41, 5.74) is -0.0138. The minimum Gasteiger partial charge on any atom is -0.468 e. The highest BCUT2D eigenvalue weighted by Crippen LogP contribution is 2.37. The number of hydrogen-bond donors (Lipinski definition) is 1. The maximum atomic E-state index is 12.1. The lowest BCUT2D eigenvalue weighted by Crippen LogP contribution is -2.45. The third-order valence-electron chi connectivity index (χ3n) is 4.11. The molecule has 4 nitrogen and oxygen atoms in total. The molecule has 0 unspecified atom stereocenters. The molecule has 108 valence electrons. The fraction of sp³-hybridized carbons (Fsp3) is 0.500. The number of carbonyl (C=O) groups is 2. The molecule has 0 saturated heterocycles. The standard InChI is InChI=1S/C16H21NO3/c1-11-9-13(11)14(18)17-10-16(2,15(19)20-3)12-7-5-4-6-8-12/h4-8,11,13H,9-10H2,1-3H3,(H,17,18)/t11-,13-,16+/m0/s1. The summed E-state index contributed by atoms with van der Waals surface area (Å²) in [7, 11) is 1.37. The van der Waals surface area contributed by atoms with Crippen LogP contribution in [-0.4, -0.2) is 25.5 Å². The molecule has 1 aromatic rings. The van der Waals surface area contributed by atoms with E-state index >= 15 is 0 Å². The summed E-state index contributed by atoms with van der Waals surface area (Å²) in [4.78, 5) is 24.1. The predicted molar refractivity (Wildman–Crippen MR) is 76.1 cm³/mol. The van der Waals surface area contributed by atoms with Crippen LogP contribution in [0.15, 0.2) is 30.3 Å². The lowest BCUT2D eigenvalue weighted by molar-refractivity contribution is -0.146. The molecule has 1 amide bonds. The average molecular weight is 275 g/mol. The van der Waals surface area contributed by atoms with E-state index in [0.29, 0.717) is 5.92 Å². The molecule has 0 radical (unpaired) electrons. The van der Waals surface area contributed by atoms with Gasteiger partial charge in [0.1, 0.15) is 5.41 Å². The van der Waals surface area contributed by atoms with E-state index in [4.69, 9.17) is 4.74 Å². The van der Waals surface area contributed by atoms with Crippen molar-refractivity contribution in [2.75, 3.05) is 13.7 Å². The van der Waals surface area contributed by atoms with Gasteiger partial charge in [0, 0.05) is 12.5 Å². The molecule has 20 heavy (non-hydrogen) atoms. The molecule has 1 N–H and O–H groups in total. The molecular formula is C16H21NO3. The van der Waals surface area contributed by atoms with Crippen molar-refractivity contribution in [1.29, 1.82) is 0 Å². The second-order valence-corrected chi connectivity index (χ2v) is 5.73. The minimum atomic E-state index is -0.857. The van der Waals surface area contributed by atoms with E-state index in [1.807, 2.05) is 30.3 Å². The van der Waals surface area contributed by atoms with Gasteiger partial charge in [-0.15, -0.1) is 0 Å². The Kier molecular flexibility index (Phi) is 4.12. The second-order valence-electron chi connectivity index (χ2n) is 5.73. The summed E-state index contributed by atoms with van der Waals surface area (Å²) in [5, 5.41) is 2.89. The highest BCUT2D eigenvalue weighted by molar-refractivity contribution is 5.86. The van der Waals surface area contributed by atoms with Crippen LogP contribution in [0.25, 0.3) is 0 Å². The van der Waals surface area contributed by atoms with Gasteiger partial charge in [0.15, 0.2) is 0 Å². The van der Waals surface area contributed by atoms with E-state index in [9.17, 15) is 9.59 Å². The van der Waals surface area contributed by atoms with Crippen LogP contribution in [0.2, 0.25) is 0 Å². The van der Waals surface area contributed by atoms with Gasteiger partial charge in [-0.1, -0.05) is 37.3 Å². The van der Waals surface area contributed by atoms with E-state index in [0.717, 1.165) is 12.0 Å². The van der Waals surface area contributed by atoms with Gasteiger partial charge in [-0.3, -0.25) is 9.59 Å². The third kappa shape index (κ3) is 2.84. The van der Waals surface area contributed by atoms with Crippen molar-refractivity contribution in [3.05, 3.63) is 35.9 Å². The normalized spacial score (nSPS) is 23.6. The Morgan fingerprint density at radius 2 is 1.95 bits per heavy atom. The topological polar surface area (TPSA) is 55.4 Å². The lowest BCUT2D eigenvalue weighted by atomic mass is 9.82. The van der Waals surface area contributed by atoms with Crippen molar-refractivity contribution in [3.63, 3.8) is 0 Å². The number of rotatable bonds is 5. The molecule has 2 rings (SSSR count). The molecule has 1 saturated carbocycles. The summed E-state index contributed by atoms with van der Waals surface area (Å²) in [5.74, 6) is 0.250. The summed E-state index contributed by atoms with van der Waals surface area (Å²) < 4.78 is 4.91. The van der Waals surface area contributed by atoms with E-state index < -0.39 is 5.41 Å². The van der Waals surface area contributed by atoms with Crippen molar-refractivity contribution in [3.8, 4) is 0 Å². The zero-order chi connectivity index (χ0) is 14.8. The molecule has 1 aromatic carbocycles. The summed E-state index contributed by atoms with van der Waals surface area (Å²) in [6.45, 7) is 4.11. The van der Waals surface area contributed by atoms with Crippen LogP contribution in [0.4, 0.5) is 0 Å². The first-order chi connectivity index (χ1) is 9.49. The van der Waals surface area contributed by atoms with Crippen molar-refractivity contribution in [1.82, 2.24) is 5.32 Å². The van der Waals surface area contributed by atoms with Crippen LogP contribution in [0.1, 0.15) is 25.8 Å². The first kappa shape index (κ1) is 14.6. The summed E-state index contributed by atoms with van der Waals surface area (Å²) in [6, 6.07) is 9.40. The van der Waals surface area contributed by atoms with Gasteiger partial charge in [0.25, 0.3) is 0 Å². The molecule has 0 heterocycles. The number of nitrogens with one attached hydrogen (secondary N) is 1. The van der Waals surface area contributed by atoms with Gasteiger partial charge < -0.3 is 10.1 Å². The molecule has 0 bridgehead atoms. The monoisotopic (exact) mass is 275 g/mol. The molecule has 4 heteroatoms. The number of carbonyl (C=O) groups excluding carboxylic acids is 2. The first-order valence-electron chi connectivity index (χ1n) is 6.90. The Bertz CT molecular complexity index is 500. The third-order valence-corrected chi connectivity index (χ3v) is 4.11. The smallest absolute Gasteiger partial charge is 0.317 e. The Hall–Kier alpha value is -1.84. The lowest BCUT2D eigenvalue weighted by Gasteiger charge is -2.27. The Balaban J connectivity index is 2.11. The number of amides is 1. The maximum Gasteiger partial charge on any atom is 0.317 e. The summed E-state index contributed by atoms with van der Waals surface area (Å²) >= 11 is 0. The van der Waals surface area contributed by atoms with Gasteiger partial charge in [-0.25, -0.2) is 0 Å². The second kappa shape index (κ2) is 5.65. The number of benzene rings is 1. The van der Waals surface area contributed by atoms with Crippen LogP contribution in [0, 0.1) is 11.8 Å². The average Bonchev–Trinajstić information content (AvgIpc) is 3.21. The molecule has 1 fully saturated rings. The molecule has 0 aliphatic heterocycles. The van der Waals surface area contributed by atoms with Crippen LogP contribution >= 0.6 is 0 Å². The van der Waals surface area contributed by atoms with E-state index in [1.54, 1.807) is 6.92 Å². The number of hydrogen-bond acceptors (Lipinski definition) is 3. The van der Waals surface area contributed by atoms with Crippen molar-refractivity contribution >= 4 is 11.9 Å². The quantitative estimate of drug-likeness (QED) is 0.835. The molecule has 0 aromatic heterocycles. The van der Waals surface area contributed by atoms with Gasteiger partial charge in [0.2, 0.25) is 5.91 Å². The maximum absolute atomic E-state index is 12.1. The highest BCUT2D eigenvalue weighted by Gasteiger charge is 2.41. The number of esters is 1. The Morgan fingerprint density at radius 1 is 1.35 bits per heavy atom. The molecule has 1 aliphatic carbocycles. The van der Waals surface area contributed by atoms with Gasteiger partial charge >= 0.3 is 5.97 Å². The minimum absolute atomic E-state index is 0.0311. The first-order valence-corrected chi connectivity index (χ1v) is 6.90. The van der Waals surface area contributed by atoms with E-state index in [1.165, 1.54) is 7.11 Å². The fourth-order valence-corrected chi connectivity index (χ4v) is 2.41. The Labute approximate surface area is 119 Å². The van der Waals surface area contributed by atoms with Crippen molar-refractivity contribution < 1.29 is 14.3 Å². The largest absolute Gasteiger partial charge is 0.468 e. The number of ether oxygens (including phenoxy) is 1. The number of methoxy groups -OCH3 is 1. The zero-order valence-corrected chi connectivity index (χ0v) is 12.2. The molecular weight excluding hydrogens is 254 g/mol. The zero-order valence-electron chi connectivity index (χ0n) is 12.2. The SMILES string of the molecule is COC(=O)[C@](C)(CNC(=O)[C@H]1C[C@@H]1C)c1ccccc1. The van der Waals surface area contributed by atoms with Gasteiger partial charge in [-0.05, 0) is 24.8 Å². The van der Waals surface area contributed by atoms with Crippen LogP contribution in [0.3, 0.4) is 0 Å². The predicted octanol–water partition coefficient (Wildman–Crippen LogP) is 1.89. The summed E-state index contributed by atoms with van der Waals surface area (Å²) in [6.07, 6.45) is 0.937.